The normalized spacial score (nSPS) is 10.7. The minimum absolute atomic E-state index is 0.152. The van der Waals surface area contributed by atoms with Crippen LogP contribution in [0.3, 0.4) is 0 Å². The van der Waals surface area contributed by atoms with Gasteiger partial charge in [0.1, 0.15) is 0 Å². The summed E-state index contributed by atoms with van der Waals surface area (Å²) in [5.74, 6) is 0.961. The molecular weight excluding hydrogens is 274 g/mol. The van der Waals surface area contributed by atoms with E-state index in [1.165, 1.54) is 0 Å². The van der Waals surface area contributed by atoms with Gasteiger partial charge >= 0.3 is 0 Å². The van der Waals surface area contributed by atoms with Gasteiger partial charge in [0.25, 0.3) is 0 Å². The van der Waals surface area contributed by atoms with Gasteiger partial charge in [-0.3, -0.25) is 0 Å². The lowest BCUT2D eigenvalue weighted by Gasteiger charge is -2.11. The van der Waals surface area contributed by atoms with Gasteiger partial charge < -0.3 is 10.5 Å². The summed E-state index contributed by atoms with van der Waals surface area (Å²) < 4.78 is 5.82. The molecule has 2 aromatic carbocycles. The van der Waals surface area contributed by atoms with Crippen molar-refractivity contribution in [2.24, 2.45) is 0 Å². The first kappa shape index (κ1) is 12.7. The Hall–Kier alpha value is -2.33. The van der Waals surface area contributed by atoms with Crippen LogP contribution in [0.4, 0.5) is 5.69 Å². The molecular formula is C15H12ClN3O. The van der Waals surface area contributed by atoms with E-state index in [4.69, 9.17) is 22.1 Å². The molecule has 0 unspecified atom stereocenters. The van der Waals surface area contributed by atoms with E-state index in [1.807, 2.05) is 43.3 Å². The van der Waals surface area contributed by atoms with E-state index in [0.717, 1.165) is 16.5 Å². The Balaban J connectivity index is 2.12. The van der Waals surface area contributed by atoms with Gasteiger partial charge in [0.15, 0.2) is 5.75 Å². The molecule has 1 aromatic heterocycles. The molecule has 4 nitrogen and oxygen atoms in total. The van der Waals surface area contributed by atoms with Gasteiger partial charge in [-0.25, -0.2) is 4.98 Å². The van der Waals surface area contributed by atoms with Crippen molar-refractivity contribution in [3.63, 3.8) is 0 Å². The summed E-state index contributed by atoms with van der Waals surface area (Å²) in [6.45, 7) is 1.83. The number of aryl methyl sites for hydroxylation is 1. The van der Waals surface area contributed by atoms with Crippen LogP contribution in [0.25, 0.3) is 10.8 Å². The second-order valence-electron chi connectivity index (χ2n) is 4.42. The van der Waals surface area contributed by atoms with Gasteiger partial charge in [0, 0.05) is 17.1 Å². The van der Waals surface area contributed by atoms with Crippen LogP contribution in [-0.4, -0.2) is 9.97 Å². The maximum Gasteiger partial charge on any atom is 0.225 e. The van der Waals surface area contributed by atoms with Crippen molar-refractivity contribution < 1.29 is 4.74 Å². The second-order valence-corrected chi connectivity index (χ2v) is 4.76. The maximum absolute atomic E-state index is 6.01. The van der Waals surface area contributed by atoms with E-state index in [1.54, 1.807) is 6.07 Å². The fraction of sp³-hybridized carbons (Fsp3) is 0.0667. The zero-order chi connectivity index (χ0) is 14.1. The molecule has 0 radical (unpaired) electrons. The van der Waals surface area contributed by atoms with Gasteiger partial charge in [-0.2, -0.15) is 4.98 Å². The Labute approximate surface area is 121 Å². The largest absolute Gasteiger partial charge is 0.436 e. The van der Waals surface area contributed by atoms with Crippen molar-refractivity contribution in [2.75, 3.05) is 5.73 Å². The first-order valence-corrected chi connectivity index (χ1v) is 6.47. The van der Waals surface area contributed by atoms with E-state index in [2.05, 4.69) is 9.97 Å². The number of nitrogens with two attached hydrogens (primary N) is 1. The van der Waals surface area contributed by atoms with Crippen molar-refractivity contribution in [3.05, 3.63) is 53.4 Å². The fourth-order valence-electron chi connectivity index (χ4n) is 2.04. The zero-order valence-corrected chi connectivity index (χ0v) is 11.6. The number of rotatable bonds is 2. The van der Waals surface area contributed by atoms with E-state index in [9.17, 15) is 0 Å². The first-order chi connectivity index (χ1) is 9.63. The van der Waals surface area contributed by atoms with Crippen LogP contribution in [0.15, 0.2) is 42.5 Å². The third-order valence-electron chi connectivity index (χ3n) is 2.92. The van der Waals surface area contributed by atoms with Gasteiger partial charge in [0.2, 0.25) is 11.2 Å². The quantitative estimate of drug-likeness (QED) is 0.572. The van der Waals surface area contributed by atoms with Crippen molar-refractivity contribution in [1.82, 2.24) is 9.97 Å². The molecule has 0 saturated carbocycles. The zero-order valence-electron chi connectivity index (χ0n) is 10.8. The SMILES string of the molecule is Cc1cc(Oc2c(N)ccc3ccccc23)nc(Cl)n1. The van der Waals surface area contributed by atoms with Crippen LogP contribution in [0.1, 0.15) is 5.69 Å². The number of hydrogen-bond donors (Lipinski definition) is 1. The Morgan fingerprint density at radius 3 is 2.70 bits per heavy atom. The van der Waals surface area contributed by atoms with E-state index in [-0.39, 0.29) is 5.28 Å². The predicted octanol–water partition coefficient (Wildman–Crippen LogP) is 3.97. The van der Waals surface area contributed by atoms with Crippen LogP contribution >= 0.6 is 11.6 Å². The van der Waals surface area contributed by atoms with Crippen LogP contribution in [0.5, 0.6) is 11.6 Å². The fourth-order valence-corrected chi connectivity index (χ4v) is 2.25. The molecule has 0 aliphatic rings. The molecule has 20 heavy (non-hydrogen) atoms. The monoisotopic (exact) mass is 285 g/mol. The number of ether oxygens (including phenoxy) is 1. The molecule has 2 N–H and O–H groups in total. The third-order valence-corrected chi connectivity index (χ3v) is 3.09. The van der Waals surface area contributed by atoms with Crippen molar-refractivity contribution in [3.8, 4) is 11.6 Å². The molecule has 0 aliphatic carbocycles. The van der Waals surface area contributed by atoms with Crippen LogP contribution in [0.2, 0.25) is 5.28 Å². The minimum Gasteiger partial charge on any atom is -0.436 e. The number of fused-ring (bicyclic) bond motifs is 1. The highest BCUT2D eigenvalue weighted by Crippen LogP contribution is 2.34. The summed E-state index contributed by atoms with van der Waals surface area (Å²) in [5.41, 5.74) is 7.30. The molecule has 3 aromatic rings. The Morgan fingerprint density at radius 2 is 1.90 bits per heavy atom. The molecule has 0 saturated heterocycles. The summed E-state index contributed by atoms with van der Waals surface area (Å²) in [6.07, 6.45) is 0. The van der Waals surface area contributed by atoms with Crippen molar-refractivity contribution in [1.29, 1.82) is 0 Å². The summed E-state index contributed by atoms with van der Waals surface area (Å²) in [7, 11) is 0. The van der Waals surface area contributed by atoms with Gasteiger partial charge in [0.05, 0.1) is 5.69 Å². The number of nitrogens with zero attached hydrogens (tertiary/aromatic N) is 2. The molecule has 0 fully saturated rings. The van der Waals surface area contributed by atoms with E-state index < -0.39 is 0 Å². The average molecular weight is 286 g/mol. The summed E-state index contributed by atoms with van der Waals surface area (Å²) in [6, 6.07) is 13.3. The van der Waals surface area contributed by atoms with E-state index >= 15 is 0 Å². The molecule has 0 spiro atoms. The highest BCUT2D eigenvalue weighted by atomic mass is 35.5. The molecule has 3 rings (SSSR count). The molecule has 5 heteroatoms. The number of benzene rings is 2. The number of hydrogen-bond acceptors (Lipinski definition) is 4. The Morgan fingerprint density at radius 1 is 1.10 bits per heavy atom. The van der Waals surface area contributed by atoms with Crippen molar-refractivity contribution >= 4 is 28.1 Å². The lowest BCUT2D eigenvalue weighted by atomic mass is 10.1. The molecule has 0 atom stereocenters. The first-order valence-electron chi connectivity index (χ1n) is 6.10. The molecule has 100 valence electrons. The number of aromatic nitrogens is 2. The smallest absolute Gasteiger partial charge is 0.225 e. The molecule has 0 amide bonds. The van der Waals surface area contributed by atoms with Crippen LogP contribution in [-0.2, 0) is 0 Å². The Bertz CT molecular complexity index is 769. The van der Waals surface area contributed by atoms with Gasteiger partial charge in [-0.15, -0.1) is 0 Å². The highest BCUT2D eigenvalue weighted by molar-refractivity contribution is 6.28. The molecule has 1 heterocycles. The molecule has 0 aliphatic heterocycles. The van der Waals surface area contributed by atoms with Crippen LogP contribution in [0, 0.1) is 6.92 Å². The number of anilines is 1. The number of halogens is 1. The van der Waals surface area contributed by atoms with E-state index in [0.29, 0.717) is 17.3 Å². The lowest BCUT2D eigenvalue weighted by Crippen LogP contribution is -1.96. The molecule has 0 bridgehead atoms. The number of nitrogen functional groups attached to an aromatic ring is 1. The highest BCUT2D eigenvalue weighted by Gasteiger charge is 2.09. The topological polar surface area (TPSA) is 61.0 Å². The minimum atomic E-state index is 0.152. The van der Waals surface area contributed by atoms with Crippen LogP contribution < -0.4 is 10.5 Å². The maximum atomic E-state index is 6.01. The Kier molecular flexibility index (Phi) is 3.16. The average Bonchev–Trinajstić information content (AvgIpc) is 2.41. The lowest BCUT2D eigenvalue weighted by molar-refractivity contribution is 0.468. The standard InChI is InChI=1S/C15H12ClN3O/c1-9-8-13(19-15(16)18-9)20-14-11-5-3-2-4-10(11)6-7-12(14)17/h2-8H,17H2,1H3. The summed E-state index contributed by atoms with van der Waals surface area (Å²) >= 11 is 5.84. The summed E-state index contributed by atoms with van der Waals surface area (Å²) in [4.78, 5) is 8.06. The van der Waals surface area contributed by atoms with Crippen molar-refractivity contribution in [2.45, 2.75) is 6.92 Å². The summed E-state index contributed by atoms with van der Waals surface area (Å²) in [5, 5.41) is 2.13. The van der Waals surface area contributed by atoms with Gasteiger partial charge in [-0.05, 0) is 30.0 Å². The third kappa shape index (κ3) is 2.38. The van der Waals surface area contributed by atoms with Gasteiger partial charge in [-0.1, -0.05) is 30.3 Å². The second kappa shape index (κ2) is 4.98. The predicted molar refractivity (Wildman–Crippen MR) is 80.2 cm³/mol.